The van der Waals surface area contributed by atoms with Crippen molar-refractivity contribution in [3.05, 3.63) is 218 Å². The molecular formula is C84H106F5N7+6. The smallest absolute Gasteiger partial charge is 0.232 e. The van der Waals surface area contributed by atoms with Gasteiger partial charge < -0.3 is 0 Å². The predicted octanol–water partition coefficient (Wildman–Crippen LogP) is 18.9. The van der Waals surface area contributed by atoms with E-state index in [-0.39, 0.29) is 49.2 Å². The summed E-state index contributed by atoms with van der Waals surface area (Å²) in [5.41, 5.74) is 18.3. The van der Waals surface area contributed by atoms with Crippen molar-refractivity contribution in [1.29, 1.82) is 0 Å². The topological polar surface area (TPSA) is 27.6 Å². The van der Waals surface area contributed by atoms with Gasteiger partial charge in [0.05, 0.1) is 34.4 Å². The molecule has 0 aliphatic heterocycles. The summed E-state index contributed by atoms with van der Waals surface area (Å²) in [6.45, 7) is 54.1. The Bertz CT molecular complexity index is 4310. The fourth-order valence-corrected chi connectivity index (χ4v) is 12.5. The summed E-state index contributed by atoms with van der Waals surface area (Å²) in [6.07, 6.45) is 7.85. The third-order valence-electron chi connectivity index (χ3n) is 18.7. The van der Waals surface area contributed by atoms with E-state index in [0.717, 1.165) is 27.9 Å². The van der Waals surface area contributed by atoms with Gasteiger partial charge in [0, 0.05) is 81.9 Å². The van der Waals surface area contributed by atoms with Gasteiger partial charge in [-0.2, -0.15) is 13.2 Å². The molecule has 0 spiro atoms. The van der Waals surface area contributed by atoms with E-state index >= 15 is 8.78 Å². The second-order valence-electron chi connectivity index (χ2n) is 32.5. The highest BCUT2D eigenvalue weighted by Crippen LogP contribution is 2.45. The van der Waals surface area contributed by atoms with Crippen LogP contribution in [0.25, 0.3) is 72.4 Å². The molecule has 9 aromatic rings. The molecule has 0 saturated carbocycles. The Labute approximate surface area is 571 Å². The highest BCUT2D eigenvalue weighted by molar-refractivity contribution is 5.82. The van der Waals surface area contributed by atoms with E-state index in [2.05, 4.69) is 227 Å². The third-order valence-corrected chi connectivity index (χ3v) is 18.7. The zero-order valence-corrected chi connectivity index (χ0v) is 62.7. The first kappa shape index (κ1) is 75.1. The van der Waals surface area contributed by atoms with Crippen LogP contribution in [-0.4, -0.2) is 0 Å². The molecule has 0 aliphatic rings. The number of halogens is 5. The first-order chi connectivity index (χ1) is 44.0. The Morgan fingerprint density at radius 3 is 0.906 bits per heavy atom. The van der Waals surface area contributed by atoms with Gasteiger partial charge >= 0.3 is 6.18 Å². The molecule has 0 saturated heterocycles. The van der Waals surface area contributed by atoms with Crippen LogP contribution in [0.15, 0.2) is 134 Å². The quantitative estimate of drug-likeness (QED) is 0.0902. The minimum absolute atomic E-state index is 0.0196. The molecule has 0 N–H and O–H groups in total. The standard InChI is InChI=1S/C29H37F3N2.C28H33F2N3.C27H36N2/c1-18-15-22(29(30,31)32)26(24-14-12-21(17-34(24)10)28(6,7)8)19(2)25(18)23-13-11-20(16-33(23)9)27(3,4)5;1-17-22(20-13-11-18(15-32(20)9)27(2,3)4)24(29)26(31-8)25(30)23(17)21-14-12-19(16-33(21)10)28(5,6)7;1-19-22(24-17-20(26(2,3)4)13-15-28(24)8)11-10-12-23(19)25-18-21(27(5,6)7)14-16-29(25)9/h11-17H,1-10H3;11-16H,1-7,9-10H3;10-18H,1-9H3/q3*+2. The monoisotopic (exact) mass is 1310 g/mol. The largest absolute Gasteiger partial charge is 0.417 e. The van der Waals surface area contributed by atoms with Gasteiger partial charge in [0.15, 0.2) is 37.2 Å². The third kappa shape index (κ3) is 16.1. The average Bonchev–Trinajstić information content (AvgIpc) is 0.749. The number of alkyl halides is 3. The number of rotatable bonds is 6. The summed E-state index contributed by atoms with van der Waals surface area (Å²) in [7, 11) is 11.7. The number of benzene rings is 3. The van der Waals surface area contributed by atoms with Crippen LogP contribution in [-0.2, 0) is 81.0 Å². The molecule has 0 fully saturated rings. The van der Waals surface area contributed by atoms with Crippen molar-refractivity contribution in [2.75, 3.05) is 0 Å². The molecule has 0 radical (unpaired) electrons. The fraction of sp³-hybridized carbons (Fsp3) is 0.417. The minimum atomic E-state index is -4.46. The number of hydrogen-bond acceptors (Lipinski definition) is 0. The fourth-order valence-electron chi connectivity index (χ4n) is 12.5. The van der Waals surface area contributed by atoms with Crippen molar-refractivity contribution in [2.24, 2.45) is 42.3 Å². The lowest BCUT2D eigenvalue weighted by molar-refractivity contribution is -0.661. The number of pyridine rings is 6. The van der Waals surface area contributed by atoms with Gasteiger partial charge in [0.25, 0.3) is 5.69 Å². The molecule has 506 valence electrons. The average molecular weight is 1310 g/mol. The molecule has 12 heteroatoms. The van der Waals surface area contributed by atoms with E-state index in [0.29, 0.717) is 33.8 Å². The van der Waals surface area contributed by atoms with E-state index in [1.54, 1.807) is 13.8 Å². The van der Waals surface area contributed by atoms with E-state index in [1.807, 2.05) is 114 Å². The summed E-state index contributed by atoms with van der Waals surface area (Å²) in [5.74, 6) is -1.64. The van der Waals surface area contributed by atoms with Crippen molar-refractivity contribution in [3.8, 4) is 67.5 Å². The lowest BCUT2D eigenvalue weighted by atomic mass is 9.85. The summed E-state index contributed by atoms with van der Waals surface area (Å²) in [4.78, 5) is 3.24. The van der Waals surface area contributed by atoms with Gasteiger partial charge in [-0.3, -0.25) is 0 Å². The maximum Gasteiger partial charge on any atom is 0.417 e. The summed E-state index contributed by atoms with van der Waals surface area (Å²) < 4.78 is 85.9. The Morgan fingerprint density at radius 2 is 0.625 bits per heavy atom. The number of nitrogens with zero attached hydrogens (tertiary/aromatic N) is 7. The van der Waals surface area contributed by atoms with Gasteiger partial charge in [-0.25, -0.2) is 41.0 Å². The maximum absolute atomic E-state index is 15.5. The van der Waals surface area contributed by atoms with Crippen molar-refractivity contribution in [3.63, 3.8) is 0 Å². The van der Waals surface area contributed by atoms with E-state index in [9.17, 15) is 13.2 Å². The highest BCUT2D eigenvalue weighted by Gasteiger charge is 2.40. The Morgan fingerprint density at radius 1 is 0.333 bits per heavy atom. The molecule has 7 nitrogen and oxygen atoms in total. The molecule has 9 rings (SSSR count). The molecule has 0 bridgehead atoms. The Kier molecular flexibility index (Phi) is 21.4. The Hall–Kier alpha value is -8.30. The van der Waals surface area contributed by atoms with Crippen LogP contribution >= 0.6 is 0 Å². The minimum Gasteiger partial charge on any atom is -0.232 e. The molecule has 6 aromatic heterocycles. The van der Waals surface area contributed by atoms with E-state index in [1.165, 1.54) is 50.8 Å². The number of hydrogen-bond donors (Lipinski definition) is 0. The Balaban J connectivity index is 0.000000204. The summed E-state index contributed by atoms with van der Waals surface area (Å²) in [6, 6.07) is 32.6. The molecule has 6 heterocycles. The molecular weight excluding hydrogens is 1200 g/mol. The zero-order chi connectivity index (χ0) is 72.2. The van der Waals surface area contributed by atoms with Crippen LogP contribution < -0.4 is 27.4 Å². The van der Waals surface area contributed by atoms with Crippen molar-refractivity contribution < 1.29 is 49.4 Å². The van der Waals surface area contributed by atoms with Crippen LogP contribution in [0.2, 0.25) is 0 Å². The van der Waals surface area contributed by atoms with Crippen molar-refractivity contribution >= 4 is 5.69 Å². The molecule has 96 heavy (non-hydrogen) atoms. The predicted molar refractivity (Wildman–Crippen MR) is 381 cm³/mol. The van der Waals surface area contributed by atoms with Gasteiger partial charge in [0.2, 0.25) is 34.2 Å². The number of aromatic nitrogens is 6. The summed E-state index contributed by atoms with van der Waals surface area (Å²) in [5, 5.41) is 0. The van der Waals surface area contributed by atoms with E-state index < -0.39 is 29.1 Å². The first-order valence-electron chi connectivity index (χ1n) is 33.2. The number of aryl methyl sites for hydroxylation is 7. The summed E-state index contributed by atoms with van der Waals surface area (Å²) >= 11 is 0. The van der Waals surface area contributed by atoms with Crippen LogP contribution in [0.1, 0.15) is 186 Å². The van der Waals surface area contributed by atoms with Crippen LogP contribution in [0.3, 0.4) is 0 Å². The molecule has 0 amide bonds. The first-order valence-corrected chi connectivity index (χ1v) is 33.2. The normalized spacial score (nSPS) is 12.4. The molecule has 0 unspecified atom stereocenters. The van der Waals surface area contributed by atoms with Crippen molar-refractivity contribution in [2.45, 2.75) is 191 Å². The van der Waals surface area contributed by atoms with Gasteiger partial charge in [-0.1, -0.05) is 131 Å². The second-order valence-corrected chi connectivity index (χ2v) is 32.5. The lowest BCUT2D eigenvalue weighted by Crippen LogP contribution is -2.35. The van der Waals surface area contributed by atoms with Crippen molar-refractivity contribution in [1.82, 2.24) is 0 Å². The van der Waals surface area contributed by atoms with E-state index in [4.69, 9.17) is 6.57 Å². The van der Waals surface area contributed by atoms with Gasteiger partial charge in [-0.15, -0.1) is 0 Å². The van der Waals surface area contributed by atoms with Crippen LogP contribution in [0.4, 0.5) is 27.6 Å². The van der Waals surface area contributed by atoms with Crippen LogP contribution in [0, 0.1) is 45.9 Å². The zero-order valence-electron chi connectivity index (χ0n) is 62.7. The van der Waals surface area contributed by atoms with Crippen LogP contribution in [0.5, 0.6) is 0 Å². The van der Waals surface area contributed by atoms with Gasteiger partial charge in [-0.05, 0) is 136 Å². The maximum atomic E-state index is 15.5. The SMILES string of the molecule is Cc1c(-c2cc(C(C)(C)C)cc[n+]2C)cccc1-c1cc(C(C)(C)C)cc[n+]1C.Cc1cc(C(F)(F)F)c(-c2ccc(C(C)(C)C)c[n+]2C)c(C)c1-c1ccc(C(C)(C)C)c[n+]1C.[C-]#[N+]c1c(F)c(-c2ccc(C(C)(C)C)c[n+]2C)c(C)c(-c2ccc(C(C)(C)C)c[n+]2C)c1F. The lowest BCUT2D eigenvalue weighted by Gasteiger charge is -2.21. The van der Waals surface area contributed by atoms with Gasteiger partial charge in [0.1, 0.15) is 53.9 Å². The highest BCUT2D eigenvalue weighted by atomic mass is 19.4. The molecule has 3 aromatic carbocycles. The molecule has 0 atom stereocenters. The molecule has 0 aliphatic carbocycles. The second kappa shape index (κ2) is 27.3.